The van der Waals surface area contributed by atoms with E-state index in [1.54, 1.807) is 0 Å². The molecule has 14 rings (SSSR count). The van der Waals surface area contributed by atoms with E-state index >= 15 is 0 Å². The largest absolute Gasteiger partial charge is 0.255 e. The molecule has 4 heteroatoms. The van der Waals surface area contributed by atoms with Crippen molar-refractivity contribution in [2.75, 3.05) is 0 Å². The molecular formula is C59H34N2S2. The molecule has 12 aromatic rings. The molecule has 1 spiro atoms. The summed E-state index contributed by atoms with van der Waals surface area (Å²) in [5.41, 5.74) is 21.8. The third kappa shape index (κ3) is 5.05. The molecule has 0 bridgehead atoms. The fourth-order valence-electron chi connectivity index (χ4n) is 10.8. The lowest BCUT2D eigenvalue weighted by atomic mass is 9.70. The average molecular weight is 835 g/mol. The van der Waals surface area contributed by atoms with Gasteiger partial charge in [0.15, 0.2) is 0 Å². The molecule has 0 atom stereocenters. The molecular weight excluding hydrogens is 801 g/mol. The van der Waals surface area contributed by atoms with Crippen molar-refractivity contribution in [1.82, 2.24) is 9.97 Å². The Bertz CT molecular complexity index is 3610. The maximum atomic E-state index is 4.80. The molecule has 4 heterocycles. The van der Waals surface area contributed by atoms with Crippen molar-refractivity contribution in [2.24, 2.45) is 0 Å². The van der Waals surface area contributed by atoms with Gasteiger partial charge in [-0.25, -0.2) is 0 Å². The average Bonchev–Trinajstić information content (AvgIpc) is 4.08. The first-order valence-corrected chi connectivity index (χ1v) is 23.1. The highest BCUT2D eigenvalue weighted by Crippen LogP contribution is 2.64. The van der Waals surface area contributed by atoms with Crippen LogP contribution >= 0.6 is 22.7 Å². The number of benzene rings is 8. The molecule has 0 fully saturated rings. The van der Waals surface area contributed by atoms with Gasteiger partial charge in [0.2, 0.25) is 0 Å². The third-order valence-corrected chi connectivity index (χ3v) is 15.9. The van der Waals surface area contributed by atoms with Gasteiger partial charge in [-0.05, 0) is 162 Å². The van der Waals surface area contributed by atoms with E-state index < -0.39 is 5.41 Å². The van der Waals surface area contributed by atoms with Crippen LogP contribution in [-0.4, -0.2) is 9.97 Å². The quantitative estimate of drug-likeness (QED) is 0.176. The smallest absolute Gasteiger partial charge is 0.0888 e. The number of hydrogen-bond acceptors (Lipinski definition) is 4. The molecule has 2 nitrogen and oxygen atoms in total. The lowest BCUT2D eigenvalue weighted by molar-refractivity contribution is 0.794. The summed E-state index contributed by atoms with van der Waals surface area (Å²) in [4.78, 5) is 9.61. The zero-order valence-electron chi connectivity index (χ0n) is 33.8. The van der Waals surface area contributed by atoms with Crippen LogP contribution in [0.1, 0.15) is 22.3 Å². The molecule has 63 heavy (non-hydrogen) atoms. The molecule has 0 aliphatic heterocycles. The first-order valence-electron chi connectivity index (χ1n) is 21.4. The van der Waals surface area contributed by atoms with Gasteiger partial charge in [-0.3, -0.25) is 9.97 Å². The van der Waals surface area contributed by atoms with Gasteiger partial charge in [0.1, 0.15) is 0 Å². The number of hydrogen-bond donors (Lipinski definition) is 0. The Balaban J connectivity index is 1.02. The number of pyridine rings is 2. The Labute approximate surface area is 372 Å². The van der Waals surface area contributed by atoms with E-state index in [0.717, 1.165) is 11.0 Å². The Kier molecular flexibility index (Phi) is 7.39. The topological polar surface area (TPSA) is 25.8 Å². The second-order valence-electron chi connectivity index (χ2n) is 16.8. The van der Waals surface area contributed by atoms with Gasteiger partial charge in [0.05, 0.1) is 25.8 Å². The van der Waals surface area contributed by atoms with Crippen LogP contribution in [0.2, 0.25) is 0 Å². The summed E-state index contributed by atoms with van der Waals surface area (Å²) >= 11 is 3.62. The molecule has 2 aliphatic rings. The van der Waals surface area contributed by atoms with E-state index in [1.165, 1.54) is 119 Å². The molecule has 0 radical (unpaired) electrons. The number of rotatable bonds is 4. The summed E-state index contributed by atoms with van der Waals surface area (Å²) in [5.74, 6) is 0. The third-order valence-electron chi connectivity index (χ3n) is 13.6. The second-order valence-corrected chi connectivity index (χ2v) is 19.0. The van der Waals surface area contributed by atoms with E-state index in [4.69, 9.17) is 9.97 Å². The number of nitrogens with zero attached hydrogens (tertiary/aromatic N) is 2. The van der Waals surface area contributed by atoms with Gasteiger partial charge in [-0.2, -0.15) is 0 Å². The van der Waals surface area contributed by atoms with Gasteiger partial charge < -0.3 is 0 Å². The van der Waals surface area contributed by atoms with Crippen LogP contribution in [0.4, 0.5) is 0 Å². The molecule has 0 saturated heterocycles. The zero-order chi connectivity index (χ0) is 41.2. The van der Waals surface area contributed by atoms with Crippen molar-refractivity contribution < 1.29 is 0 Å². The zero-order valence-corrected chi connectivity index (χ0v) is 35.5. The minimum absolute atomic E-state index is 0.508. The van der Waals surface area contributed by atoms with E-state index in [-0.39, 0.29) is 0 Å². The van der Waals surface area contributed by atoms with Crippen LogP contribution in [0, 0.1) is 0 Å². The van der Waals surface area contributed by atoms with Gasteiger partial charge >= 0.3 is 0 Å². The lowest BCUT2D eigenvalue weighted by Crippen LogP contribution is -2.25. The summed E-state index contributed by atoms with van der Waals surface area (Å²) in [6.07, 6.45) is 3.81. The van der Waals surface area contributed by atoms with Crippen molar-refractivity contribution in [3.63, 3.8) is 0 Å². The molecule has 4 aromatic heterocycles. The van der Waals surface area contributed by atoms with Gasteiger partial charge in [0, 0.05) is 32.6 Å². The van der Waals surface area contributed by atoms with E-state index in [0.29, 0.717) is 0 Å². The minimum Gasteiger partial charge on any atom is -0.255 e. The van der Waals surface area contributed by atoms with Crippen LogP contribution in [0.3, 0.4) is 0 Å². The Morgan fingerprint density at radius 1 is 0.286 bits per heavy atom. The van der Waals surface area contributed by atoms with Gasteiger partial charge in [-0.15, -0.1) is 22.7 Å². The van der Waals surface area contributed by atoms with Crippen LogP contribution in [0.25, 0.3) is 107 Å². The standard InChI is InChI=1S/C59H34N2S2/c1-3-9-35(10-4-1)37-15-21-49-43(29-37)45-31-39(41-19-25-53-47(33-41)57-55(62-53)13-7-27-60-57)17-23-51(45)59(49)50-22-16-38(36-11-5-2-6-12-36)30-44(50)46-32-40(18-24-52(46)59)42-20-26-54-48(34-42)58-56(63-54)14-8-28-61-58/h1-34H. The normalized spacial score (nSPS) is 13.2. The molecule has 0 unspecified atom stereocenters. The number of aromatic nitrogens is 2. The summed E-state index contributed by atoms with van der Waals surface area (Å²) in [7, 11) is 0. The van der Waals surface area contributed by atoms with Crippen LogP contribution < -0.4 is 0 Å². The van der Waals surface area contributed by atoms with Crippen molar-refractivity contribution in [3.8, 4) is 66.8 Å². The highest BCUT2D eigenvalue weighted by Gasteiger charge is 2.52. The number of thiophene rings is 2. The van der Waals surface area contributed by atoms with Gasteiger partial charge in [-0.1, -0.05) is 121 Å². The fourth-order valence-corrected chi connectivity index (χ4v) is 12.9. The molecule has 292 valence electrons. The summed E-state index contributed by atoms with van der Waals surface area (Å²) in [6.45, 7) is 0. The SMILES string of the molecule is c1ccc(-c2ccc3c(c2)-c2cc(-c4ccc5sc6cccnc6c5c4)ccc2C32c3ccc(-c4ccccc4)cc3-c3cc(-c4ccc5sc6cccnc6c5c4)ccc32)cc1. The van der Waals surface area contributed by atoms with Gasteiger partial charge in [0.25, 0.3) is 0 Å². The first-order chi connectivity index (χ1) is 31.2. The van der Waals surface area contributed by atoms with Crippen LogP contribution in [0.5, 0.6) is 0 Å². The predicted octanol–water partition coefficient (Wildman–Crippen LogP) is 16.2. The summed E-state index contributed by atoms with van der Waals surface area (Å²) in [6, 6.07) is 72.7. The molecule has 8 aromatic carbocycles. The predicted molar refractivity (Wildman–Crippen MR) is 266 cm³/mol. The van der Waals surface area contributed by atoms with Crippen LogP contribution in [0.15, 0.2) is 207 Å². The highest BCUT2D eigenvalue weighted by atomic mass is 32.1. The molecule has 0 saturated carbocycles. The van der Waals surface area contributed by atoms with E-state index in [2.05, 4.69) is 182 Å². The van der Waals surface area contributed by atoms with Crippen LogP contribution in [-0.2, 0) is 5.41 Å². The molecule has 0 N–H and O–H groups in total. The number of fused-ring (bicyclic) bond motifs is 16. The maximum absolute atomic E-state index is 4.80. The molecule has 2 aliphatic carbocycles. The Morgan fingerprint density at radius 3 is 1.03 bits per heavy atom. The maximum Gasteiger partial charge on any atom is 0.0888 e. The van der Waals surface area contributed by atoms with E-state index in [9.17, 15) is 0 Å². The summed E-state index contributed by atoms with van der Waals surface area (Å²) < 4.78 is 4.97. The van der Waals surface area contributed by atoms with Crippen molar-refractivity contribution in [3.05, 3.63) is 229 Å². The van der Waals surface area contributed by atoms with Crippen molar-refractivity contribution >= 4 is 63.3 Å². The van der Waals surface area contributed by atoms with E-state index in [1.807, 2.05) is 47.2 Å². The second kappa shape index (κ2) is 13.3. The Hall–Kier alpha value is -7.50. The Morgan fingerprint density at radius 2 is 0.635 bits per heavy atom. The first kappa shape index (κ1) is 35.1. The minimum atomic E-state index is -0.508. The molecule has 0 amide bonds. The monoisotopic (exact) mass is 834 g/mol. The summed E-state index contributed by atoms with van der Waals surface area (Å²) in [5, 5.41) is 2.42. The van der Waals surface area contributed by atoms with Crippen molar-refractivity contribution in [2.45, 2.75) is 5.41 Å². The van der Waals surface area contributed by atoms with Crippen molar-refractivity contribution in [1.29, 1.82) is 0 Å². The lowest BCUT2D eigenvalue weighted by Gasteiger charge is -2.31. The highest BCUT2D eigenvalue weighted by molar-refractivity contribution is 7.26. The fraction of sp³-hybridized carbons (Fsp3) is 0.0169.